The standard InChI is InChI=1S/C15H13Cl2FN2O/c16-13-12(10-2-1-3-11(18)8-10)14(17)20-15(19-13)9-4-6-21-7-5-9/h1-3,8-9H,4-7H2. The molecule has 0 bridgehead atoms. The van der Waals surface area contributed by atoms with Crippen LogP contribution in [0.1, 0.15) is 24.6 Å². The summed E-state index contributed by atoms with van der Waals surface area (Å²) in [6.07, 6.45) is 1.71. The maximum absolute atomic E-state index is 13.3. The van der Waals surface area contributed by atoms with Gasteiger partial charge in [0.1, 0.15) is 21.9 Å². The quantitative estimate of drug-likeness (QED) is 0.763. The minimum absolute atomic E-state index is 0.204. The topological polar surface area (TPSA) is 35.0 Å². The van der Waals surface area contributed by atoms with Crippen LogP contribution in [-0.2, 0) is 4.74 Å². The van der Waals surface area contributed by atoms with Crippen molar-refractivity contribution in [3.8, 4) is 11.1 Å². The van der Waals surface area contributed by atoms with Gasteiger partial charge in [-0.25, -0.2) is 14.4 Å². The van der Waals surface area contributed by atoms with Crippen molar-refractivity contribution in [2.75, 3.05) is 13.2 Å². The van der Waals surface area contributed by atoms with Crippen molar-refractivity contribution < 1.29 is 9.13 Å². The molecule has 1 fully saturated rings. The van der Waals surface area contributed by atoms with Gasteiger partial charge >= 0.3 is 0 Å². The van der Waals surface area contributed by atoms with Crippen LogP contribution in [0.4, 0.5) is 4.39 Å². The zero-order valence-electron chi connectivity index (χ0n) is 11.2. The summed E-state index contributed by atoms with van der Waals surface area (Å²) in [5.41, 5.74) is 1.04. The predicted molar refractivity (Wildman–Crippen MR) is 80.2 cm³/mol. The molecule has 0 radical (unpaired) electrons. The number of hydrogen-bond acceptors (Lipinski definition) is 3. The molecule has 0 amide bonds. The maximum atomic E-state index is 13.3. The van der Waals surface area contributed by atoms with Crippen LogP contribution in [0.5, 0.6) is 0 Å². The molecule has 0 unspecified atom stereocenters. The van der Waals surface area contributed by atoms with Crippen molar-refractivity contribution in [3.63, 3.8) is 0 Å². The Bertz CT molecular complexity index is 637. The van der Waals surface area contributed by atoms with Crippen molar-refractivity contribution in [3.05, 3.63) is 46.2 Å². The van der Waals surface area contributed by atoms with Gasteiger partial charge in [-0.2, -0.15) is 0 Å². The number of rotatable bonds is 2. The van der Waals surface area contributed by atoms with E-state index in [1.807, 2.05) is 0 Å². The molecule has 1 aliphatic heterocycles. The molecule has 2 aromatic rings. The molecule has 1 saturated heterocycles. The first-order chi connectivity index (χ1) is 10.1. The molecule has 1 aliphatic rings. The lowest BCUT2D eigenvalue weighted by Crippen LogP contribution is -2.16. The SMILES string of the molecule is Fc1cccc(-c2c(Cl)nc(C3CCOCC3)nc2Cl)c1. The number of ether oxygens (including phenoxy) is 1. The molecule has 1 aromatic carbocycles. The van der Waals surface area contributed by atoms with Gasteiger partial charge < -0.3 is 4.74 Å². The second kappa shape index (κ2) is 6.26. The highest BCUT2D eigenvalue weighted by Crippen LogP contribution is 2.35. The van der Waals surface area contributed by atoms with Gasteiger partial charge in [-0.05, 0) is 30.5 Å². The van der Waals surface area contributed by atoms with Crippen LogP contribution in [0.15, 0.2) is 24.3 Å². The van der Waals surface area contributed by atoms with Crippen LogP contribution in [-0.4, -0.2) is 23.2 Å². The smallest absolute Gasteiger partial charge is 0.142 e. The van der Waals surface area contributed by atoms with Crippen LogP contribution in [0.2, 0.25) is 10.3 Å². The average molecular weight is 327 g/mol. The van der Waals surface area contributed by atoms with Gasteiger partial charge in [0, 0.05) is 19.1 Å². The van der Waals surface area contributed by atoms with Crippen molar-refractivity contribution in [2.24, 2.45) is 0 Å². The van der Waals surface area contributed by atoms with E-state index in [1.165, 1.54) is 12.1 Å². The Morgan fingerprint density at radius 3 is 2.38 bits per heavy atom. The van der Waals surface area contributed by atoms with E-state index >= 15 is 0 Å². The largest absolute Gasteiger partial charge is 0.381 e. The zero-order valence-corrected chi connectivity index (χ0v) is 12.7. The summed E-state index contributed by atoms with van der Waals surface area (Å²) >= 11 is 12.5. The first-order valence-corrected chi connectivity index (χ1v) is 7.47. The van der Waals surface area contributed by atoms with Crippen LogP contribution < -0.4 is 0 Å². The van der Waals surface area contributed by atoms with E-state index in [-0.39, 0.29) is 22.0 Å². The van der Waals surface area contributed by atoms with Crippen molar-refractivity contribution in [1.29, 1.82) is 0 Å². The normalized spacial score (nSPS) is 16.1. The Morgan fingerprint density at radius 2 is 1.76 bits per heavy atom. The molecule has 21 heavy (non-hydrogen) atoms. The molecule has 0 N–H and O–H groups in total. The maximum Gasteiger partial charge on any atom is 0.142 e. The van der Waals surface area contributed by atoms with E-state index in [9.17, 15) is 4.39 Å². The number of aromatic nitrogens is 2. The Labute approximate surface area is 132 Å². The molecule has 0 atom stereocenters. The third kappa shape index (κ3) is 3.18. The van der Waals surface area contributed by atoms with Gasteiger partial charge in [0.15, 0.2) is 0 Å². The van der Waals surface area contributed by atoms with Crippen LogP contribution >= 0.6 is 23.2 Å². The molecule has 0 spiro atoms. The summed E-state index contributed by atoms with van der Waals surface area (Å²) in [4.78, 5) is 8.71. The molecule has 1 aromatic heterocycles. The van der Waals surface area contributed by atoms with Crippen LogP contribution in [0.25, 0.3) is 11.1 Å². The molecule has 3 nitrogen and oxygen atoms in total. The van der Waals surface area contributed by atoms with E-state index in [0.717, 1.165) is 12.8 Å². The highest BCUT2D eigenvalue weighted by atomic mass is 35.5. The third-order valence-corrected chi connectivity index (χ3v) is 4.08. The second-order valence-electron chi connectivity index (χ2n) is 4.94. The molecular formula is C15H13Cl2FN2O. The number of benzene rings is 1. The van der Waals surface area contributed by atoms with E-state index in [1.54, 1.807) is 12.1 Å². The summed E-state index contributed by atoms with van der Waals surface area (Å²) in [7, 11) is 0. The second-order valence-corrected chi connectivity index (χ2v) is 5.65. The first kappa shape index (κ1) is 14.7. The lowest BCUT2D eigenvalue weighted by atomic mass is 9.99. The predicted octanol–water partition coefficient (Wildman–Crippen LogP) is 4.48. The molecule has 2 heterocycles. The third-order valence-electron chi connectivity index (χ3n) is 3.54. The van der Waals surface area contributed by atoms with Crippen LogP contribution in [0.3, 0.4) is 0 Å². The Balaban J connectivity index is 2.00. The Kier molecular flexibility index (Phi) is 4.38. The van der Waals surface area contributed by atoms with Gasteiger partial charge in [0.2, 0.25) is 0 Å². The minimum Gasteiger partial charge on any atom is -0.381 e. The molecule has 0 saturated carbocycles. The lowest BCUT2D eigenvalue weighted by Gasteiger charge is -2.21. The fourth-order valence-electron chi connectivity index (χ4n) is 2.44. The van der Waals surface area contributed by atoms with Gasteiger partial charge in [0.05, 0.1) is 5.56 Å². The summed E-state index contributed by atoms with van der Waals surface area (Å²) in [5.74, 6) is 0.483. The summed E-state index contributed by atoms with van der Waals surface area (Å²) in [6.45, 7) is 1.38. The molecule has 3 rings (SSSR count). The lowest BCUT2D eigenvalue weighted by molar-refractivity contribution is 0.0836. The Morgan fingerprint density at radius 1 is 1.10 bits per heavy atom. The van der Waals surface area contributed by atoms with Crippen molar-refractivity contribution >= 4 is 23.2 Å². The summed E-state index contributed by atoms with van der Waals surface area (Å²) in [6, 6.07) is 6.06. The van der Waals surface area contributed by atoms with Gasteiger partial charge in [-0.15, -0.1) is 0 Å². The van der Waals surface area contributed by atoms with E-state index in [2.05, 4.69) is 9.97 Å². The summed E-state index contributed by atoms with van der Waals surface area (Å²) < 4.78 is 18.7. The fourth-order valence-corrected chi connectivity index (χ4v) is 3.06. The minimum atomic E-state index is -0.354. The average Bonchev–Trinajstić information content (AvgIpc) is 2.47. The fraction of sp³-hybridized carbons (Fsp3) is 0.333. The highest BCUT2D eigenvalue weighted by Gasteiger charge is 2.22. The van der Waals surface area contributed by atoms with Crippen molar-refractivity contribution in [2.45, 2.75) is 18.8 Å². The molecule has 6 heteroatoms. The van der Waals surface area contributed by atoms with Gasteiger partial charge in [0.25, 0.3) is 0 Å². The van der Waals surface area contributed by atoms with Crippen LogP contribution in [0, 0.1) is 5.82 Å². The van der Waals surface area contributed by atoms with E-state index in [4.69, 9.17) is 27.9 Å². The van der Waals surface area contributed by atoms with E-state index in [0.29, 0.717) is 30.2 Å². The number of hydrogen-bond donors (Lipinski definition) is 0. The number of nitrogens with zero attached hydrogens (tertiary/aromatic N) is 2. The summed E-state index contributed by atoms with van der Waals surface area (Å²) in [5, 5.41) is 0.504. The molecule has 0 aliphatic carbocycles. The number of halogens is 3. The van der Waals surface area contributed by atoms with Crippen molar-refractivity contribution in [1.82, 2.24) is 9.97 Å². The zero-order chi connectivity index (χ0) is 14.8. The molecular weight excluding hydrogens is 314 g/mol. The first-order valence-electron chi connectivity index (χ1n) is 6.72. The van der Waals surface area contributed by atoms with Gasteiger partial charge in [-0.1, -0.05) is 35.3 Å². The highest BCUT2D eigenvalue weighted by molar-refractivity contribution is 6.37. The van der Waals surface area contributed by atoms with E-state index < -0.39 is 0 Å². The Hall–Kier alpha value is -1.23. The van der Waals surface area contributed by atoms with Gasteiger partial charge in [-0.3, -0.25) is 0 Å². The monoisotopic (exact) mass is 326 g/mol. The molecule has 110 valence electrons.